The van der Waals surface area contributed by atoms with E-state index in [1.54, 1.807) is 6.26 Å². The Balaban J connectivity index is 2.32. The van der Waals surface area contributed by atoms with E-state index in [0.717, 1.165) is 5.56 Å². The van der Waals surface area contributed by atoms with Crippen LogP contribution in [-0.2, 0) is 0 Å². The van der Waals surface area contributed by atoms with Gasteiger partial charge in [0.2, 0.25) is 5.82 Å². The van der Waals surface area contributed by atoms with E-state index in [1.165, 1.54) is 0 Å². The zero-order valence-corrected chi connectivity index (χ0v) is 8.60. The smallest absolute Gasteiger partial charge is 0.293 e. The highest BCUT2D eigenvalue weighted by atomic mass is 16.5. The quantitative estimate of drug-likeness (QED) is 0.835. The van der Waals surface area contributed by atoms with Gasteiger partial charge in [-0.3, -0.25) is 0 Å². The van der Waals surface area contributed by atoms with Crippen LogP contribution in [0.3, 0.4) is 0 Å². The third kappa shape index (κ3) is 1.78. The van der Waals surface area contributed by atoms with Crippen molar-refractivity contribution in [1.29, 1.82) is 0 Å². The molecule has 0 aliphatic carbocycles. The van der Waals surface area contributed by atoms with Crippen LogP contribution >= 0.6 is 0 Å². The minimum Gasteiger partial charge on any atom is -0.459 e. The van der Waals surface area contributed by atoms with Gasteiger partial charge in [0.1, 0.15) is 6.10 Å². The molecule has 1 N–H and O–H groups in total. The second-order valence-corrected chi connectivity index (χ2v) is 3.31. The molecule has 5 nitrogen and oxygen atoms in total. The van der Waals surface area contributed by atoms with Gasteiger partial charge in [-0.05, 0) is 19.4 Å². The minimum atomic E-state index is -0.683. The number of nitrogens with zero attached hydrogens (tertiary/aromatic N) is 2. The van der Waals surface area contributed by atoms with E-state index in [-0.39, 0.29) is 0 Å². The summed E-state index contributed by atoms with van der Waals surface area (Å²) in [5.74, 6) is 1.15. The summed E-state index contributed by atoms with van der Waals surface area (Å²) in [6.45, 7) is 3.73. The Hall–Kier alpha value is -1.62. The van der Waals surface area contributed by atoms with Gasteiger partial charge in [-0.1, -0.05) is 12.1 Å². The lowest BCUT2D eigenvalue weighted by Gasteiger charge is -1.97. The number of aliphatic hydroxyl groups excluding tert-OH is 1. The molecule has 0 bridgehead atoms. The maximum Gasteiger partial charge on any atom is 0.293 e. The van der Waals surface area contributed by atoms with Crippen molar-refractivity contribution in [3.63, 3.8) is 0 Å². The van der Waals surface area contributed by atoms with Gasteiger partial charge in [0, 0.05) is 5.56 Å². The van der Waals surface area contributed by atoms with E-state index in [4.69, 9.17) is 8.94 Å². The predicted molar refractivity (Wildman–Crippen MR) is 52.0 cm³/mol. The molecule has 2 aromatic heterocycles. The van der Waals surface area contributed by atoms with Crippen LogP contribution in [-0.4, -0.2) is 15.2 Å². The summed E-state index contributed by atoms with van der Waals surface area (Å²) in [4.78, 5) is 4.06. The van der Waals surface area contributed by atoms with Crippen molar-refractivity contribution in [3.8, 4) is 11.7 Å². The van der Waals surface area contributed by atoms with Gasteiger partial charge in [0.15, 0.2) is 5.76 Å². The van der Waals surface area contributed by atoms with Crippen molar-refractivity contribution >= 4 is 0 Å². The molecule has 1 atom stereocenters. The highest BCUT2D eigenvalue weighted by molar-refractivity contribution is 5.49. The number of aryl methyl sites for hydroxylation is 1. The van der Waals surface area contributed by atoms with Crippen molar-refractivity contribution in [3.05, 3.63) is 23.7 Å². The summed E-state index contributed by atoms with van der Waals surface area (Å²) in [7, 11) is 0. The Kier molecular flexibility index (Phi) is 2.55. The first kappa shape index (κ1) is 9.92. The molecule has 15 heavy (non-hydrogen) atoms. The number of furan rings is 1. The third-order valence-electron chi connectivity index (χ3n) is 2.18. The molecule has 1 unspecified atom stereocenters. The molecule has 5 heteroatoms. The minimum absolute atomic E-state index is 0.295. The van der Waals surface area contributed by atoms with Crippen molar-refractivity contribution in [2.75, 3.05) is 0 Å². The van der Waals surface area contributed by atoms with E-state index in [1.807, 2.05) is 19.9 Å². The molecule has 2 rings (SSSR count). The van der Waals surface area contributed by atoms with Gasteiger partial charge in [-0.15, -0.1) is 0 Å². The molecule has 0 fully saturated rings. The SMILES string of the molecule is CCC(O)c1noc(-c2occc2C)n1. The summed E-state index contributed by atoms with van der Waals surface area (Å²) < 4.78 is 10.2. The summed E-state index contributed by atoms with van der Waals surface area (Å²) in [5.41, 5.74) is 0.927. The molecule has 80 valence electrons. The molecule has 0 saturated carbocycles. The lowest BCUT2D eigenvalue weighted by atomic mass is 10.2. The van der Waals surface area contributed by atoms with Gasteiger partial charge >= 0.3 is 0 Å². The Bertz CT molecular complexity index is 447. The van der Waals surface area contributed by atoms with Crippen LogP contribution in [0.1, 0.15) is 30.8 Å². The topological polar surface area (TPSA) is 72.3 Å². The average molecular weight is 208 g/mol. The zero-order chi connectivity index (χ0) is 10.8. The van der Waals surface area contributed by atoms with Gasteiger partial charge in [0.05, 0.1) is 6.26 Å². The van der Waals surface area contributed by atoms with Crippen molar-refractivity contribution in [2.45, 2.75) is 26.4 Å². The van der Waals surface area contributed by atoms with E-state index in [9.17, 15) is 5.11 Å². The first-order chi connectivity index (χ1) is 7.22. The van der Waals surface area contributed by atoms with Crippen LogP contribution < -0.4 is 0 Å². The Morgan fingerprint density at radius 3 is 2.93 bits per heavy atom. The fourth-order valence-electron chi connectivity index (χ4n) is 1.24. The number of hydrogen-bond donors (Lipinski definition) is 1. The van der Waals surface area contributed by atoms with E-state index >= 15 is 0 Å². The van der Waals surface area contributed by atoms with Crippen LogP contribution in [0.25, 0.3) is 11.7 Å². The highest BCUT2D eigenvalue weighted by Gasteiger charge is 2.17. The van der Waals surface area contributed by atoms with Crippen LogP contribution in [0.15, 0.2) is 21.3 Å². The molecular formula is C10H12N2O3. The molecule has 0 radical (unpaired) electrons. The molecule has 0 saturated heterocycles. The molecule has 0 aromatic carbocycles. The van der Waals surface area contributed by atoms with Crippen molar-refractivity contribution < 1.29 is 14.0 Å². The van der Waals surface area contributed by atoms with Gasteiger partial charge < -0.3 is 14.0 Å². The normalized spacial score (nSPS) is 13.0. The fourth-order valence-corrected chi connectivity index (χ4v) is 1.24. The Morgan fingerprint density at radius 1 is 1.53 bits per heavy atom. The van der Waals surface area contributed by atoms with Crippen LogP contribution in [0.2, 0.25) is 0 Å². The monoisotopic (exact) mass is 208 g/mol. The highest BCUT2D eigenvalue weighted by Crippen LogP contribution is 2.24. The lowest BCUT2D eigenvalue weighted by molar-refractivity contribution is 0.159. The lowest BCUT2D eigenvalue weighted by Crippen LogP contribution is -1.97. The van der Waals surface area contributed by atoms with Gasteiger partial charge in [-0.25, -0.2) is 0 Å². The largest absolute Gasteiger partial charge is 0.459 e. The molecule has 2 aromatic rings. The fraction of sp³-hybridized carbons (Fsp3) is 0.400. The number of aliphatic hydroxyl groups is 1. The molecular weight excluding hydrogens is 196 g/mol. The second-order valence-electron chi connectivity index (χ2n) is 3.31. The molecule has 0 aliphatic rings. The number of rotatable bonds is 3. The van der Waals surface area contributed by atoms with Crippen molar-refractivity contribution in [2.24, 2.45) is 0 Å². The first-order valence-electron chi connectivity index (χ1n) is 4.78. The maximum absolute atomic E-state index is 9.49. The Morgan fingerprint density at radius 2 is 2.33 bits per heavy atom. The summed E-state index contributed by atoms with van der Waals surface area (Å²) in [5, 5.41) is 13.2. The summed E-state index contributed by atoms with van der Waals surface area (Å²) in [6, 6.07) is 1.81. The predicted octanol–water partition coefficient (Wildman–Crippen LogP) is 2.08. The first-order valence-corrected chi connectivity index (χ1v) is 4.78. The molecule has 0 amide bonds. The molecule has 0 spiro atoms. The molecule has 2 heterocycles. The van der Waals surface area contributed by atoms with Crippen LogP contribution in [0, 0.1) is 6.92 Å². The van der Waals surface area contributed by atoms with E-state index < -0.39 is 6.10 Å². The number of aromatic nitrogens is 2. The molecule has 0 aliphatic heterocycles. The van der Waals surface area contributed by atoms with E-state index in [2.05, 4.69) is 10.1 Å². The second kappa shape index (κ2) is 3.86. The maximum atomic E-state index is 9.49. The Labute approximate surface area is 86.7 Å². The van der Waals surface area contributed by atoms with Crippen molar-refractivity contribution in [1.82, 2.24) is 10.1 Å². The average Bonchev–Trinajstić information content (AvgIpc) is 2.84. The summed E-state index contributed by atoms with van der Waals surface area (Å²) >= 11 is 0. The summed E-state index contributed by atoms with van der Waals surface area (Å²) in [6.07, 6.45) is 1.43. The third-order valence-corrected chi connectivity index (χ3v) is 2.18. The van der Waals surface area contributed by atoms with Crippen LogP contribution in [0.4, 0.5) is 0 Å². The van der Waals surface area contributed by atoms with Gasteiger partial charge in [-0.2, -0.15) is 4.98 Å². The van der Waals surface area contributed by atoms with E-state index in [0.29, 0.717) is 23.9 Å². The van der Waals surface area contributed by atoms with Crippen LogP contribution in [0.5, 0.6) is 0 Å². The standard InChI is InChI=1S/C10H12N2O3/c1-3-7(13)9-11-10(15-12-9)8-6(2)4-5-14-8/h4-5,7,13H,3H2,1-2H3. The van der Waals surface area contributed by atoms with Gasteiger partial charge in [0.25, 0.3) is 5.89 Å². The number of hydrogen-bond acceptors (Lipinski definition) is 5. The zero-order valence-electron chi connectivity index (χ0n) is 8.60.